The highest BCUT2D eigenvalue weighted by molar-refractivity contribution is 9.10. The Morgan fingerprint density at radius 3 is 2.60 bits per heavy atom. The molecule has 1 atom stereocenters. The molecular formula is C14H10BrClFNO2. The van der Waals surface area contributed by atoms with Gasteiger partial charge in [-0.25, -0.2) is 9.18 Å². The first-order valence-electron chi connectivity index (χ1n) is 5.68. The van der Waals surface area contributed by atoms with Crippen molar-refractivity contribution in [3.8, 4) is 0 Å². The van der Waals surface area contributed by atoms with Crippen molar-refractivity contribution in [2.75, 3.05) is 5.32 Å². The zero-order chi connectivity index (χ0) is 14.7. The van der Waals surface area contributed by atoms with Gasteiger partial charge in [0.05, 0.1) is 5.02 Å². The van der Waals surface area contributed by atoms with Crippen molar-refractivity contribution in [3.63, 3.8) is 0 Å². The van der Waals surface area contributed by atoms with Crippen LogP contribution in [-0.2, 0) is 4.79 Å². The molecule has 104 valence electrons. The van der Waals surface area contributed by atoms with Crippen molar-refractivity contribution in [1.29, 1.82) is 0 Å². The van der Waals surface area contributed by atoms with Crippen LogP contribution in [-0.4, -0.2) is 11.1 Å². The number of carboxylic acid groups (broad SMARTS) is 1. The van der Waals surface area contributed by atoms with Gasteiger partial charge < -0.3 is 10.4 Å². The van der Waals surface area contributed by atoms with E-state index in [4.69, 9.17) is 11.6 Å². The second-order valence-electron chi connectivity index (χ2n) is 4.07. The van der Waals surface area contributed by atoms with Crippen LogP contribution in [0, 0.1) is 5.82 Å². The fourth-order valence-corrected chi connectivity index (χ4v) is 2.23. The lowest BCUT2D eigenvalue weighted by atomic mass is 10.1. The van der Waals surface area contributed by atoms with Gasteiger partial charge >= 0.3 is 5.97 Å². The van der Waals surface area contributed by atoms with E-state index in [2.05, 4.69) is 21.2 Å². The van der Waals surface area contributed by atoms with Crippen LogP contribution in [0.15, 0.2) is 46.9 Å². The highest BCUT2D eigenvalue weighted by Gasteiger charge is 2.21. The second kappa shape index (κ2) is 6.24. The number of benzene rings is 2. The van der Waals surface area contributed by atoms with Crippen LogP contribution in [0.25, 0.3) is 0 Å². The predicted octanol–water partition coefficient (Wildman–Crippen LogP) is 4.48. The summed E-state index contributed by atoms with van der Waals surface area (Å²) in [6, 6.07) is 9.96. The van der Waals surface area contributed by atoms with Gasteiger partial charge in [-0.15, -0.1) is 0 Å². The Bertz CT molecular complexity index is 651. The molecule has 2 rings (SSSR count). The minimum Gasteiger partial charge on any atom is -0.479 e. The summed E-state index contributed by atoms with van der Waals surface area (Å²) >= 11 is 8.92. The molecule has 2 aromatic carbocycles. The highest BCUT2D eigenvalue weighted by atomic mass is 79.9. The van der Waals surface area contributed by atoms with Gasteiger partial charge in [-0.05, 0) is 45.8 Å². The summed E-state index contributed by atoms with van der Waals surface area (Å²) in [6.45, 7) is 0. The molecule has 3 nitrogen and oxygen atoms in total. The van der Waals surface area contributed by atoms with Crippen LogP contribution >= 0.6 is 27.5 Å². The van der Waals surface area contributed by atoms with Crippen molar-refractivity contribution in [2.45, 2.75) is 6.04 Å². The zero-order valence-corrected chi connectivity index (χ0v) is 12.5. The zero-order valence-electron chi connectivity index (χ0n) is 10.1. The molecule has 0 aliphatic heterocycles. The highest BCUT2D eigenvalue weighted by Crippen LogP contribution is 2.28. The van der Waals surface area contributed by atoms with E-state index >= 15 is 0 Å². The van der Waals surface area contributed by atoms with Gasteiger partial charge in [0.25, 0.3) is 0 Å². The van der Waals surface area contributed by atoms with Crippen LogP contribution < -0.4 is 5.32 Å². The molecule has 6 heteroatoms. The summed E-state index contributed by atoms with van der Waals surface area (Å²) in [5, 5.41) is 12.1. The lowest BCUT2D eigenvalue weighted by Crippen LogP contribution is -2.20. The van der Waals surface area contributed by atoms with Crippen LogP contribution in [0.2, 0.25) is 5.02 Å². The molecule has 0 saturated heterocycles. The third kappa shape index (κ3) is 3.29. The second-order valence-corrected chi connectivity index (χ2v) is 5.33. The molecule has 0 amide bonds. The summed E-state index contributed by atoms with van der Waals surface area (Å²) in [4.78, 5) is 11.4. The average molecular weight is 359 g/mol. The van der Waals surface area contributed by atoms with Crippen LogP contribution in [0.4, 0.5) is 10.1 Å². The first kappa shape index (κ1) is 14.8. The summed E-state index contributed by atoms with van der Waals surface area (Å²) in [7, 11) is 0. The average Bonchev–Trinajstić information content (AvgIpc) is 2.41. The Kier molecular flexibility index (Phi) is 4.62. The van der Waals surface area contributed by atoms with Crippen molar-refractivity contribution in [3.05, 3.63) is 63.3 Å². The van der Waals surface area contributed by atoms with Crippen molar-refractivity contribution in [2.24, 2.45) is 0 Å². The molecule has 2 aromatic rings. The first-order valence-corrected chi connectivity index (χ1v) is 6.85. The molecule has 0 saturated carbocycles. The Labute approximate surface area is 128 Å². The van der Waals surface area contributed by atoms with Crippen LogP contribution in [0.5, 0.6) is 0 Å². The largest absolute Gasteiger partial charge is 0.479 e. The summed E-state index contributed by atoms with van der Waals surface area (Å²) in [6.07, 6.45) is 0. The SMILES string of the molecule is O=C(O)C(Nc1ccccc1Br)c1ccc(Cl)c(F)c1. The van der Waals surface area contributed by atoms with Gasteiger partial charge in [0.15, 0.2) is 6.04 Å². The van der Waals surface area contributed by atoms with Gasteiger partial charge in [0, 0.05) is 10.2 Å². The van der Waals surface area contributed by atoms with E-state index in [1.165, 1.54) is 12.1 Å². The number of carbonyl (C=O) groups is 1. The topological polar surface area (TPSA) is 49.3 Å². The number of halogens is 3. The number of para-hydroxylation sites is 1. The van der Waals surface area contributed by atoms with E-state index in [1.54, 1.807) is 18.2 Å². The maximum Gasteiger partial charge on any atom is 0.330 e. The maximum atomic E-state index is 13.5. The molecule has 1 unspecified atom stereocenters. The predicted molar refractivity (Wildman–Crippen MR) is 79.6 cm³/mol. The smallest absolute Gasteiger partial charge is 0.330 e. The van der Waals surface area contributed by atoms with E-state index in [0.29, 0.717) is 5.69 Å². The molecule has 0 radical (unpaired) electrons. The summed E-state index contributed by atoms with van der Waals surface area (Å²) in [5.41, 5.74) is 0.894. The van der Waals surface area contributed by atoms with E-state index in [9.17, 15) is 14.3 Å². The van der Waals surface area contributed by atoms with Crippen molar-refractivity contribution in [1.82, 2.24) is 0 Å². The van der Waals surface area contributed by atoms with Gasteiger partial charge in [0.2, 0.25) is 0 Å². The first-order chi connectivity index (χ1) is 9.49. The minimum atomic E-state index is -1.11. The Balaban J connectivity index is 2.34. The van der Waals surface area contributed by atoms with Crippen LogP contribution in [0.1, 0.15) is 11.6 Å². The number of rotatable bonds is 4. The van der Waals surface area contributed by atoms with Crippen LogP contribution in [0.3, 0.4) is 0 Å². The normalized spacial score (nSPS) is 11.9. The summed E-state index contributed by atoms with van der Waals surface area (Å²) < 4.78 is 14.2. The molecule has 0 spiro atoms. The molecule has 0 aromatic heterocycles. The van der Waals surface area contributed by atoms with Gasteiger partial charge in [-0.3, -0.25) is 0 Å². The number of hydrogen-bond acceptors (Lipinski definition) is 2. The minimum absolute atomic E-state index is 0.0428. The Hall–Kier alpha value is -1.59. The lowest BCUT2D eigenvalue weighted by molar-refractivity contribution is -0.138. The maximum absolute atomic E-state index is 13.5. The fourth-order valence-electron chi connectivity index (χ4n) is 1.71. The Morgan fingerprint density at radius 2 is 2.00 bits per heavy atom. The van der Waals surface area contributed by atoms with Crippen molar-refractivity contribution >= 4 is 39.2 Å². The Morgan fingerprint density at radius 1 is 1.30 bits per heavy atom. The number of hydrogen-bond donors (Lipinski definition) is 2. The van der Waals surface area contributed by atoms with Gasteiger partial charge in [0.1, 0.15) is 5.82 Å². The number of aliphatic carboxylic acids is 1. The molecule has 0 aliphatic carbocycles. The van der Waals surface area contributed by atoms with Gasteiger partial charge in [-0.1, -0.05) is 29.8 Å². The molecule has 0 fully saturated rings. The van der Waals surface area contributed by atoms with E-state index in [-0.39, 0.29) is 10.6 Å². The van der Waals surface area contributed by atoms with E-state index in [1.807, 2.05) is 6.07 Å². The third-order valence-corrected chi connectivity index (χ3v) is 3.70. The number of anilines is 1. The molecule has 2 N–H and O–H groups in total. The third-order valence-electron chi connectivity index (χ3n) is 2.70. The van der Waals surface area contributed by atoms with E-state index in [0.717, 1.165) is 10.5 Å². The summed E-state index contributed by atoms with van der Waals surface area (Å²) in [5.74, 6) is -1.76. The quantitative estimate of drug-likeness (QED) is 0.847. The molecular weight excluding hydrogens is 349 g/mol. The van der Waals surface area contributed by atoms with E-state index < -0.39 is 17.8 Å². The monoisotopic (exact) mass is 357 g/mol. The van der Waals surface area contributed by atoms with Crippen molar-refractivity contribution < 1.29 is 14.3 Å². The fraction of sp³-hybridized carbons (Fsp3) is 0.0714. The molecule has 0 bridgehead atoms. The number of nitrogens with one attached hydrogen (secondary N) is 1. The molecule has 0 heterocycles. The molecule has 20 heavy (non-hydrogen) atoms. The lowest BCUT2D eigenvalue weighted by Gasteiger charge is -2.17. The molecule has 0 aliphatic rings. The number of carboxylic acids is 1. The standard InChI is InChI=1S/C14H10BrClFNO2/c15-9-3-1-2-4-12(9)18-13(14(19)20)8-5-6-10(16)11(17)7-8/h1-7,13,18H,(H,19,20). The van der Waals surface area contributed by atoms with Gasteiger partial charge in [-0.2, -0.15) is 0 Å².